The second-order valence-corrected chi connectivity index (χ2v) is 7.45. The molecule has 4 aromatic heterocycles. The minimum Gasteiger partial charge on any atom is -0.364 e. The Balaban J connectivity index is 1.45. The van der Waals surface area contributed by atoms with Crippen molar-refractivity contribution < 1.29 is 9.32 Å². The molecule has 4 aromatic rings. The number of hydrogen-bond donors (Lipinski definition) is 2. The van der Waals surface area contributed by atoms with Crippen LogP contribution >= 0.6 is 0 Å². The summed E-state index contributed by atoms with van der Waals surface area (Å²) in [6.45, 7) is 3.95. The van der Waals surface area contributed by atoms with Crippen LogP contribution in [-0.4, -0.2) is 41.7 Å². The van der Waals surface area contributed by atoms with Crippen LogP contribution in [0.1, 0.15) is 54.0 Å². The molecule has 1 saturated carbocycles. The molecule has 0 aromatic carbocycles. The lowest BCUT2D eigenvalue weighted by Crippen LogP contribution is -2.33. The number of carbonyl (C=O) groups is 1. The number of hydrogen-bond acceptors (Lipinski definition) is 6. The Hall–Kier alpha value is -3.23. The fourth-order valence-electron chi connectivity index (χ4n) is 4.42. The minimum atomic E-state index is -0.137. The van der Waals surface area contributed by atoms with Gasteiger partial charge in [-0.25, -0.2) is 4.98 Å². The number of aromatic amines is 1. The molecule has 1 amide bonds. The molecule has 5 rings (SSSR count). The van der Waals surface area contributed by atoms with Crippen LogP contribution < -0.4 is 5.32 Å². The van der Waals surface area contributed by atoms with E-state index in [-0.39, 0.29) is 17.9 Å². The van der Waals surface area contributed by atoms with E-state index in [4.69, 9.17) is 4.52 Å². The maximum absolute atomic E-state index is 12.6. The molecular formula is C19H21N7O2. The Morgan fingerprint density at radius 2 is 2.29 bits per heavy atom. The summed E-state index contributed by atoms with van der Waals surface area (Å²) in [5, 5.41) is 15.8. The van der Waals surface area contributed by atoms with Crippen molar-refractivity contribution in [3.63, 3.8) is 0 Å². The third-order valence-electron chi connectivity index (χ3n) is 5.85. The van der Waals surface area contributed by atoms with Crippen molar-refractivity contribution in [1.82, 2.24) is 35.0 Å². The summed E-state index contributed by atoms with van der Waals surface area (Å²) in [5.41, 5.74) is 3.62. The Labute approximate surface area is 160 Å². The molecule has 0 saturated heterocycles. The number of nitrogens with zero attached hydrogens (tertiary/aromatic N) is 5. The summed E-state index contributed by atoms with van der Waals surface area (Å²) in [4.78, 5) is 20.1. The Morgan fingerprint density at radius 1 is 1.39 bits per heavy atom. The molecule has 9 heteroatoms. The highest BCUT2D eigenvalue weighted by molar-refractivity contribution is 5.95. The van der Waals surface area contributed by atoms with Crippen molar-refractivity contribution in [3.8, 4) is 0 Å². The molecule has 28 heavy (non-hydrogen) atoms. The topological polar surface area (TPSA) is 114 Å². The first kappa shape index (κ1) is 16.9. The van der Waals surface area contributed by atoms with E-state index in [9.17, 15) is 4.79 Å². The molecule has 0 bridgehead atoms. The highest BCUT2D eigenvalue weighted by Crippen LogP contribution is 2.41. The number of aryl methyl sites for hydroxylation is 1. The van der Waals surface area contributed by atoms with Gasteiger partial charge in [0.05, 0.1) is 17.4 Å². The fraction of sp³-hybridized carbons (Fsp3) is 0.421. The molecule has 144 valence electrons. The van der Waals surface area contributed by atoms with Crippen molar-refractivity contribution >= 4 is 22.7 Å². The Kier molecular flexibility index (Phi) is 3.88. The maximum Gasteiger partial charge on any atom is 0.256 e. The summed E-state index contributed by atoms with van der Waals surface area (Å²) in [6.07, 6.45) is 7.75. The lowest BCUT2D eigenvalue weighted by Gasteiger charge is -2.15. The van der Waals surface area contributed by atoms with Gasteiger partial charge in [0, 0.05) is 18.2 Å². The van der Waals surface area contributed by atoms with E-state index in [1.54, 1.807) is 13.1 Å². The third-order valence-corrected chi connectivity index (χ3v) is 5.85. The van der Waals surface area contributed by atoms with Crippen LogP contribution in [0, 0.1) is 12.8 Å². The van der Waals surface area contributed by atoms with E-state index in [2.05, 4.69) is 42.0 Å². The van der Waals surface area contributed by atoms with E-state index >= 15 is 0 Å². The van der Waals surface area contributed by atoms with Gasteiger partial charge < -0.3 is 14.8 Å². The Bertz CT molecular complexity index is 1160. The molecule has 9 nitrogen and oxygen atoms in total. The van der Waals surface area contributed by atoms with Crippen LogP contribution in [0.25, 0.3) is 16.8 Å². The third kappa shape index (κ3) is 2.57. The van der Waals surface area contributed by atoms with Crippen LogP contribution in [-0.2, 0) is 0 Å². The van der Waals surface area contributed by atoms with Crippen LogP contribution in [0.4, 0.5) is 0 Å². The zero-order chi connectivity index (χ0) is 19.3. The molecule has 1 fully saturated rings. The standard InChI is InChI=1S/C19H21N7O2/c1-3-11-6-12(22-19(27)14-9-28-25-10(14)2)7-13(11)18-24-23-16-8-21-17-15(26(16)18)4-5-20-17/h4-5,8-9,11-13,20H,3,6-7H2,1-2H3,(H,22,27)/t11-,12+,13+/m1/s1. The van der Waals surface area contributed by atoms with Gasteiger partial charge in [0.25, 0.3) is 5.91 Å². The number of fused-ring (bicyclic) bond motifs is 3. The van der Waals surface area contributed by atoms with E-state index in [0.29, 0.717) is 17.2 Å². The minimum absolute atomic E-state index is 0.0765. The second-order valence-electron chi connectivity index (χ2n) is 7.45. The molecule has 3 atom stereocenters. The van der Waals surface area contributed by atoms with Gasteiger partial charge in [-0.3, -0.25) is 9.20 Å². The molecule has 0 spiro atoms. The van der Waals surface area contributed by atoms with Crippen molar-refractivity contribution in [1.29, 1.82) is 0 Å². The van der Waals surface area contributed by atoms with Gasteiger partial charge in [0.2, 0.25) is 0 Å². The van der Waals surface area contributed by atoms with Crippen LogP contribution in [0.5, 0.6) is 0 Å². The lowest BCUT2D eigenvalue weighted by molar-refractivity contribution is 0.0935. The van der Waals surface area contributed by atoms with E-state index in [0.717, 1.165) is 41.9 Å². The molecule has 2 N–H and O–H groups in total. The predicted octanol–water partition coefficient (Wildman–Crippen LogP) is 2.60. The number of aromatic nitrogens is 6. The Morgan fingerprint density at radius 3 is 3.07 bits per heavy atom. The average molecular weight is 379 g/mol. The first-order valence-corrected chi connectivity index (χ1v) is 9.54. The fourth-order valence-corrected chi connectivity index (χ4v) is 4.42. The number of H-pyrrole nitrogens is 1. The van der Waals surface area contributed by atoms with Gasteiger partial charge in [-0.15, -0.1) is 10.2 Å². The zero-order valence-electron chi connectivity index (χ0n) is 15.7. The molecule has 1 aliphatic carbocycles. The number of nitrogens with one attached hydrogen (secondary N) is 2. The van der Waals surface area contributed by atoms with E-state index in [1.165, 1.54) is 6.26 Å². The van der Waals surface area contributed by atoms with Gasteiger partial charge in [-0.05, 0) is 31.7 Å². The summed E-state index contributed by atoms with van der Waals surface area (Å²) in [5.74, 6) is 1.44. The van der Waals surface area contributed by atoms with Gasteiger partial charge in [0.1, 0.15) is 17.7 Å². The molecule has 0 aliphatic heterocycles. The normalized spacial score (nSPS) is 22.3. The summed E-state index contributed by atoms with van der Waals surface area (Å²) in [6, 6.07) is 2.07. The molecule has 0 unspecified atom stereocenters. The van der Waals surface area contributed by atoms with Gasteiger partial charge in [-0.1, -0.05) is 18.5 Å². The molecule has 0 radical (unpaired) electrons. The quantitative estimate of drug-likeness (QED) is 0.563. The van der Waals surface area contributed by atoms with E-state index in [1.807, 2.05) is 12.3 Å². The van der Waals surface area contributed by atoms with Crippen LogP contribution in [0.3, 0.4) is 0 Å². The summed E-state index contributed by atoms with van der Waals surface area (Å²) in [7, 11) is 0. The monoisotopic (exact) mass is 379 g/mol. The maximum atomic E-state index is 12.6. The average Bonchev–Trinajstić information content (AvgIpc) is 3.45. The summed E-state index contributed by atoms with van der Waals surface area (Å²) >= 11 is 0. The van der Waals surface area contributed by atoms with Gasteiger partial charge in [-0.2, -0.15) is 0 Å². The first-order chi connectivity index (χ1) is 13.7. The smallest absolute Gasteiger partial charge is 0.256 e. The first-order valence-electron chi connectivity index (χ1n) is 9.54. The van der Waals surface area contributed by atoms with Gasteiger partial charge >= 0.3 is 0 Å². The summed E-state index contributed by atoms with van der Waals surface area (Å²) < 4.78 is 6.98. The van der Waals surface area contributed by atoms with Crippen molar-refractivity contribution in [2.75, 3.05) is 0 Å². The highest BCUT2D eigenvalue weighted by atomic mass is 16.5. The largest absolute Gasteiger partial charge is 0.364 e. The van der Waals surface area contributed by atoms with Crippen LogP contribution in [0.15, 0.2) is 29.2 Å². The molecule has 1 aliphatic rings. The predicted molar refractivity (Wildman–Crippen MR) is 101 cm³/mol. The zero-order valence-corrected chi connectivity index (χ0v) is 15.7. The SMILES string of the molecule is CC[C@@H]1C[C@H](NC(=O)c2conc2C)C[C@@H]1c1nnc2cnc3[nH]ccc3n12. The van der Waals surface area contributed by atoms with Crippen LogP contribution in [0.2, 0.25) is 0 Å². The number of amides is 1. The van der Waals surface area contributed by atoms with Gasteiger partial charge in [0.15, 0.2) is 11.3 Å². The van der Waals surface area contributed by atoms with Crippen molar-refractivity contribution in [2.45, 2.75) is 45.1 Å². The lowest BCUT2D eigenvalue weighted by atomic mass is 9.93. The van der Waals surface area contributed by atoms with Crippen molar-refractivity contribution in [2.24, 2.45) is 5.92 Å². The second kappa shape index (κ2) is 6.43. The molecular weight excluding hydrogens is 358 g/mol. The van der Waals surface area contributed by atoms with Crippen molar-refractivity contribution in [3.05, 3.63) is 41.8 Å². The number of rotatable bonds is 4. The van der Waals surface area contributed by atoms with E-state index < -0.39 is 0 Å². The highest BCUT2D eigenvalue weighted by Gasteiger charge is 2.38. The molecule has 4 heterocycles. The number of carbonyl (C=O) groups excluding carboxylic acids is 1.